The normalized spacial score (nSPS) is 12.6. The number of anilines is 1. The van der Waals surface area contributed by atoms with Gasteiger partial charge in [0, 0.05) is 5.69 Å². The van der Waals surface area contributed by atoms with Gasteiger partial charge in [-0.25, -0.2) is 4.79 Å². The van der Waals surface area contributed by atoms with Gasteiger partial charge in [0.15, 0.2) is 0 Å². The molecular weight excluding hydrogens is 496 g/mol. The monoisotopic (exact) mass is 536 g/mol. The number of hydrogen-bond donors (Lipinski definition) is 2. The van der Waals surface area contributed by atoms with Gasteiger partial charge >= 0.3 is 6.09 Å². The van der Waals surface area contributed by atoms with Crippen LogP contribution in [0, 0.1) is 31.1 Å². The average molecular weight is 537 g/mol. The molecule has 2 unspecified atom stereocenters. The molecule has 2 rings (SSSR count). The Morgan fingerprint density at radius 2 is 1.69 bits per heavy atom. The van der Waals surface area contributed by atoms with Crippen molar-refractivity contribution in [2.24, 2.45) is 5.92 Å². The summed E-state index contributed by atoms with van der Waals surface area (Å²) in [7, 11) is 1.55. The number of nitriles is 1. The predicted octanol–water partition coefficient (Wildman–Crippen LogP) is 5.28. The van der Waals surface area contributed by atoms with Crippen LogP contribution in [0.25, 0.3) is 0 Å². The molecule has 0 saturated heterocycles. The standard InChI is InChI=1S/C30H40N4O5/c1-19(2)17-25(33-29(37)39-30(5,6)7)28(36)34(16-15-31)26(24-14-9-20(3)18-21(24)4)27(35)32-22-10-12-23(38-8)13-11-22/h9-14,18-19,25-26H,16-17H2,1-8H3,(H,32,35)(H,33,37). The molecule has 0 radical (unpaired) electrons. The molecule has 2 aromatic carbocycles. The minimum absolute atomic E-state index is 0.0329. The maximum atomic E-state index is 14.0. The first-order valence-corrected chi connectivity index (χ1v) is 12.9. The second-order valence-corrected chi connectivity index (χ2v) is 10.9. The summed E-state index contributed by atoms with van der Waals surface area (Å²) in [6, 6.07) is 12.3. The van der Waals surface area contributed by atoms with Crippen molar-refractivity contribution in [2.45, 2.75) is 72.6 Å². The summed E-state index contributed by atoms with van der Waals surface area (Å²) in [4.78, 5) is 41.7. The Kier molecular flexibility index (Phi) is 10.9. The number of amides is 3. The molecule has 9 heteroatoms. The largest absolute Gasteiger partial charge is 0.497 e. The zero-order chi connectivity index (χ0) is 29.3. The first-order valence-electron chi connectivity index (χ1n) is 12.9. The lowest BCUT2D eigenvalue weighted by atomic mass is 9.95. The van der Waals surface area contributed by atoms with Crippen molar-refractivity contribution in [3.05, 3.63) is 59.2 Å². The third-order valence-corrected chi connectivity index (χ3v) is 5.86. The van der Waals surface area contributed by atoms with Crippen molar-refractivity contribution in [3.8, 4) is 11.8 Å². The van der Waals surface area contributed by atoms with Crippen LogP contribution >= 0.6 is 0 Å². The lowest BCUT2D eigenvalue weighted by Crippen LogP contribution is -2.53. The molecule has 0 saturated carbocycles. The average Bonchev–Trinajstić information content (AvgIpc) is 2.83. The summed E-state index contributed by atoms with van der Waals surface area (Å²) in [5.41, 5.74) is 2.11. The van der Waals surface area contributed by atoms with Crippen LogP contribution in [0.3, 0.4) is 0 Å². The number of ether oxygens (including phenoxy) is 2. The van der Waals surface area contributed by atoms with Crippen LogP contribution in [0.4, 0.5) is 10.5 Å². The van der Waals surface area contributed by atoms with E-state index in [4.69, 9.17) is 9.47 Å². The van der Waals surface area contributed by atoms with Crippen molar-refractivity contribution >= 4 is 23.6 Å². The molecule has 0 heterocycles. The molecule has 210 valence electrons. The summed E-state index contributed by atoms with van der Waals surface area (Å²) in [5.74, 6) is -0.377. The zero-order valence-electron chi connectivity index (χ0n) is 24.1. The van der Waals surface area contributed by atoms with E-state index in [0.29, 0.717) is 23.4 Å². The van der Waals surface area contributed by atoms with E-state index in [1.54, 1.807) is 58.2 Å². The van der Waals surface area contributed by atoms with Crippen molar-refractivity contribution < 1.29 is 23.9 Å². The van der Waals surface area contributed by atoms with Crippen molar-refractivity contribution in [3.63, 3.8) is 0 Å². The van der Waals surface area contributed by atoms with Gasteiger partial charge in [0.05, 0.1) is 13.2 Å². The van der Waals surface area contributed by atoms with Gasteiger partial charge in [0.2, 0.25) is 5.91 Å². The number of alkyl carbamates (subject to hydrolysis) is 1. The van der Waals surface area contributed by atoms with Gasteiger partial charge in [0.25, 0.3) is 5.91 Å². The molecule has 9 nitrogen and oxygen atoms in total. The van der Waals surface area contributed by atoms with Gasteiger partial charge in [-0.15, -0.1) is 0 Å². The van der Waals surface area contributed by atoms with Crippen LogP contribution in [0.5, 0.6) is 5.75 Å². The van der Waals surface area contributed by atoms with Crippen LogP contribution < -0.4 is 15.4 Å². The number of rotatable bonds is 10. The fourth-order valence-corrected chi connectivity index (χ4v) is 4.18. The number of methoxy groups -OCH3 is 1. The summed E-state index contributed by atoms with van der Waals surface area (Å²) >= 11 is 0. The molecular formula is C30H40N4O5. The maximum Gasteiger partial charge on any atom is 0.408 e. The summed E-state index contributed by atoms with van der Waals surface area (Å²) in [6.45, 7) is 12.5. The van der Waals surface area contributed by atoms with Crippen molar-refractivity contribution in [1.29, 1.82) is 5.26 Å². The molecule has 0 aliphatic carbocycles. The van der Waals surface area contributed by atoms with E-state index in [1.165, 1.54) is 4.90 Å². The van der Waals surface area contributed by atoms with E-state index in [2.05, 4.69) is 10.6 Å². The number of hydrogen-bond acceptors (Lipinski definition) is 6. The molecule has 0 bridgehead atoms. The molecule has 2 atom stereocenters. The van der Waals surface area contributed by atoms with Crippen molar-refractivity contribution in [2.75, 3.05) is 19.0 Å². The van der Waals surface area contributed by atoms with Gasteiger partial charge in [-0.2, -0.15) is 5.26 Å². The number of aryl methyl sites for hydroxylation is 2. The fraction of sp³-hybridized carbons (Fsp3) is 0.467. The highest BCUT2D eigenvalue weighted by Gasteiger charge is 2.37. The summed E-state index contributed by atoms with van der Waals surface area (Å²) in [6.07, 6.45) is -0.455. The smallest absolute Gasteiger partial charge is 0.408 e. The Hall–Kier alpha value is -4.06. The lowest BCUT2D eigenvalue weighted by Gasteiger charge is -2.34. The number of carbonyl (C=O) groups is 3. The minimum atomic E-state index is -1.13. The topological polar surface area (TPSA) is 121 Å². The van der Waals surface area contributed by atoms with Crippen LogP contribution in [-0.2, 0) is 14.3 Å². The SMILES string of the molecule is COc1ccc(NC(=O)C(c2ccc(C)cc2C)N(CC#N)C(=O)C(CC(C)C)NC(=O)OC(C)(C)C)cc1. The molecule has 39 heavy (non-hydrogen) atoms. The highest BCUT2D eigenvalue weighted by Crippen LogP contribution is 2.28. The van der Waals surface area contributed by atoms with E-state index in [9.17, 15) is 19.6 Å². The van der Waals surface area contributed by atoms with Gasteiger partial charge < -0.3 is 25.0 Å². The Balaban J connectivity index is 2.54. The van der Waals surface area contributed by atoms with E-state index in [-0.39, 0.29) is 12.5 Å². The van der Waals surface area contributed by atoms with Crippen LogP contribution in [0.1, 0.15) is 63.8 Å². The quantitative estimate of drug-likeness (QED) is 0.399. The number of nitrogens with zero attached hydrogens (tertiary/aromatic N) is 2. The van der Waals surface area contributed by atoms with Gasteiger partial charge in [-0.1, -0.05) is 37.6 Å². The Morgan fingerprint density at radius 3 is 2.21 bits per heavy atom. The molecule has 0 fully saturated rings. The first kappa shape index (κ1) is 31.2. The first-order chi connectivity index (χ1) is 18.2. The Bertz CT molecular complexity index is 1200. The highest BCUT2D eigenvalue weighted by molar-refractivity contribution is 5.99. The van der Waals surface area contributed by atoms with Crippen molar-refractivity contribution in [1.82, 2.24) is 10.2 Å². The predicted molar refractivity (Wildman–Crippen MR) is 150 cm³/mol. The van der Waals surface area contributed by atoms with Crippen LogP contribution in [0.15, 0.2) is 42.5 Å². The van der Waals surface area contributed by atoms with Crippen LogP contribution in [-0.4, -0.2) is 48.1 Å². The van der Waals surface area contributed by atoms with E-state index in [0.717, 1.165) is 11.1 Å². The molecule has 0 aliphatic heterocycles. The summed E-state index contributed by atoms with van der Waals surface area (Å²) < 4.78 is 10.6. The summed E-state index contributed by atoms with van der Waals surface area (Å²) in [5, 5.41) is 15.3. The highest BCUT2D eigenvalue weighted by atomic mass is 16.6. The van der Waals surface area contributed by atoms with Gasteiger partial charge in [-0.05, 0) is 82.3 Å². The van der Waals surface area contributed by atoms with E-state index in [1.807, 2.05) is 45.9 Å². The number of carbonyl (C=O) groups excluding carboxylic acids is 3. The Morgan fingerprint density at radius 1 is 1.05 bits per heavy atom. The zero-order valence-corrected chi connectivity index (χ0v) is 24.1. The fourth-order valence-electron chi connectivity index (χ4n) is 4.18. The van der Waals surface area contributed by atoms with Crippen LogP contribution in [0.2, 0.25) is 0 Å². The minimum Gasteiger partial charge on any atom is -0.497 e. The van der Waals surface area contributed by atoms with Gasteiger partial charge in [-0.3, -0.25) is 9.59 Å². The Labute approximate surface area is 231 Å². The molecule has 2 N–H and O–H groups in total. The van der Waals surface area contributed by atoms with E-state index >= 15 is 0 Å². The maximum absolute atomic E-state index is 14.0. The van der Waals surface area contributed by atoms with Gasteiger partial charge in [0.1, 0.15) is 30.0 Å². The molecule has 3 amide bonds. The molecule has 0 aromatic heterocycles. The molecule has 0 spiro atoms. The number of nitrogens with one attached hydrogen (secondary N) is 2. The third kappa shape index (κ3) is 9.32. The lowest BCUT2D eigenvalue weighted by molar-refractivity contribution is -0.140. The second-order valence-electron chi connectivity index (χ2n) is 10.9. The van der Waals surface area contributed by atoms with E-state index < -0.39 is 35.6 Å². The third-order valence-electron chi connectivity index (χ3n) is 5.86. The number of benzene rings is 2. The molecule has 0 aliphatic rings. The second kappa shape index (κ2) is 13.7. The molecule has 2 aromatic rings.